The van der Waals surface area contributed by atoms with Gasteiger partial charge in [0.25, 0.3) is 0 Å². The Morgan fingerprint density at radius 3 is 1.16 bits per heavy atom. The van der Waals surface area contributed by atoms with E-state index in [1.54, 1.807) is 0 Å². The Morgan fingerprint density at radius 2 is 0.842 bits per heavy atom. The van der Waals surface area contributed by atoms with Gasteiger partial charge >= 0.3 is 0 Å². The average Bonchev–Trinajstić information content (AvgIpc) is 2.47. The summed E-state index contributed by atoms with van der Waals surface area (Å²) < 4.78 is 7.08. The molecule has 0 saturated carbocycles. The van der Waals surface area contributed by atoms with Gasteiger partial charge in [0.2, 0.25) is 0 Å². The molecule has 0 atom stereocenters. The number of hydrogen-bond acceptors (Lipinski definition) is 1. The third-order valence-electron chi connectivity index (χ3n) is 3.91. The van der Waals surface area contributed by atoms with Crippen LogP contribution in [0.4, 0.5) is 0 Å². The summed E-state index contributed by atoms with van der Waals surface area (Å²) >= 11 is 0. The standard InChI is InChI=1S/C18H38O/c1-2-3-4-5-6-7-8-9-10-11-12-13-14-15-16-17-18-19/h19H,2-18H2,1H3/i1D. The van der Waals surface area contributed by atoms with Crippen molar-refractivity contribution >= 4 is 0 Å². The predicted octanol–water partition coefficient (Wildman–Crippen LogP) is 6.24. The minimum atomic E-state index is 0.365. The molecule has 0 bridgehead atoms. The maximum atomic E-state index is 8.67. The van der Waals surface area contributed by atoms with Gasteiger partial charge < -0.3 is 5.11 Å². The summed E-state index contributed by atoms with van der Waals surface area (Å²) in [6, 6.07) is 0. The van der Waals surface area contributed by atoms with Gasteiger partial charge in [0.1, 0.15) is 0 Å². The lowest BCUT2D eigenvalue weighted by atomic mass is 10.0. The SMILES string of the molecule is [2H]CCCCCCCCCCCCCCCCCCO. The highest BCUT2D eigenvalue weighted by Gasteiger charge is 1.94. The van der Waals surface area contributed by atoms with E-state index in [1.807, 2.05) is 0 Å². The highest BCUT2D eigenvalue weighted by atomic mass is 16.2. The van der Waals surface area contributed by atoms with Crippen LogP contribution in [0.3, 0.4) is 0 Å². The van der Waals surface area contributed by atoms with Crippen molar-refractivity contribution in [3.8, 4) is 0 Å². The first-order valence-corrected chi connectivity index (χ1v) is 8.82. The summed E-state index contributed by atoms with van der Waals surface area (Å²) in [7, 11) is 0. The van der Waals surface area contributed by atoms with Crippen LogP contribution in [0.15, 0.2) is 0 Å². The molecule has 0 aliphatic carbocycles. The zero-order valence-electron chi connectivity index (χ0n) is 14.2. The van der Waals surface area contributed by atoms with Gasteiger partial charge in [0.05, 0.1) is 0 Å². The van der Waals surface area contributed by atoms with Crippen molar-refractivity contribution in [3.63, 3.8) is 0 Å². The van der Waals surface area contributed by atoms with Crippen LogP contribution in [0.25, 0.3) is 0 Å². The van der Waals surface area contributed by atoms with Gasteiger partial charge in [-0.3, -0.25) is 0 Å². The zero-order chi connectivity index (χ0) is 14.7. The Hall–Kier alpha value is -0.0400. The molecule has 0 aromatic carbocycles. The highest BCUT2D eigenvalue weighted by Crippen LogP contribution is 2.13. The first-order chi connectivity index (χ1) is 9.91. The Bertz CT molecular complexity index is 143. The fourth-order valence-corrected chi connectivity index (χ4v) is 2.59. The molecule has 19 heavy (non-hydrogen) atoms. The molecule has 0 aliphatic rings. The molecule has 0 radical (unpaired) electrons. The van der Waals surface area contributed by atoms with Gasteiger partial charge in [0, 0.05) is 7.98 Å². The molecule has 116 valence electrons. The monoisotopic (exact) mass is 271 g/mol. The molecule has 0 heterocycles. The van der Waals surface area contributed by atoms with Gasteiger partial charge in [-0.15, -0.1) is 0 Å². The van der Waals surface area contributed by atoms with E-state index < -0.39 is 0 Å². The maximum absolute atomic E-state index is 8.67. The van der Waals surface area contributed by atoms with Crippen LogP contribution in [-0.2, 0) is 0 Å². The third kappa shape index (κ3) is 18.0. The van der Waals surface area contributed by atoms with Crippen LogP contribution in [0.5, 0.6) is 0 Å². The largest absolute Gasteiger partial charge is 0.396 e. The lowest BCUT2D eigenvalue weighted by molar-refractivity contribution is 0.282. The van der Waals surface area contributed by atoms with Gasteiger partial charge in [-0.2, -0.15) is 0 Å². The molecule has 1 N–H and O–H groups in total. The van der Waals surface area contributed by atoms with Crippen molar-refractivity contribution in [2.75, 3.05) is 6.61 Å². The smallest absolute Gasteiger partial charge is 0.0431 e. The Morgan fingerprint density at radius 1 is 0.526 bits per heavy atom. The van der Waals surface area contributed by atoms with Gasteiger partial charge in [-0.25, -0.2) is 0 Å². The Labute approximate surface area is 123 Å². The van der Waals surface area contributed by atoms with Gasteiger partial charge in [0.15, 0.2) is 0 Å². The summed E-state index contributed by atoms with van der Waals surface area (Å²) in [5.41, 5.74) is 0. The maximum Gasteiger partial charge on any atom is 0.0431 e. The first kappa shape index (κ1) is 17.0. The molecule has 1 heteroatoms. The molecule has 0 fully saturated rings. The molecule has 0 aromatic rings. The van der Waals surface area contributed by atoms with E-state index in [9.17, 15) is 0 Å². The first-order valence-electron chi connectivity index (χ1n) is 9.52. The second-order valence-electron chi connectivity index (χ2n) is 5.88. The topological polar surface area (TPSA) is 20.2 Å². The quantitative estimate of drug-likeness (QED) is 0.329. The lowest BCUT2D eigenvalue weighted by Crippen LogP contribution is -1.85. The van der Waals surface area contributed by atoms with Crippen molar-refractivity contribution in [1.29, 1.82) is 0 Å². The van der Waals surface area contributed by atoms with Crippen molar-refractivity contribution in [2.24, 2.45) is 0 Å². The van der Waals surface area contributed by atoms with Crippen LogP contribution < -0.4 is 0 Å². The van der Waals surface area contributed by atoms with E-state index in [1.165, 1.54) is 89.9 Å². The van der Waals surface area contributed by atoms with E-state index >= 15 is 0 Å². The number of aliphatic hydroxyl groups excluding tert-OH is 1. The minimum absolute atomic E-state index is 0.365. The summed E-state index contributed by atoms with van der Waals surface area (Å²) in [5, 5.41) is 8.67. The third-order valence-corrected chi connectivity index (χ3v) is 3.91. The van der Waals surface area contributed by atoms with E-state index in [0.29, 0.717) is 13.5 Å². The second kappa shape index (κ2) is 18.0. The minimum Gasteiger partial charge on any atom is -0.396 e. The zero-order valence-corrected chi connectivity index (χ0v) is 13.2. The van der Waals surface area contributed by atoms with Gasteiger partial charge in [-0.05, 0) is 6.42 Å². The normalized spacial score (nSPS) is 11.7. The summed E-state index contributed by atoms with van der Waals surface area (Å²) in [4.78, 5) is 0. The average molecular weight is 272 g/mol. The van der Waals surface area contributed by atoms with Crippen molar-refractivity contribution in [2.45, 2.75) is 110 Å². The van der Waals surface area contributed by atoms with Crippen molar-refractivity contribution in [3.05, 3.63) is 0 Å². The summed E-state index contributed by atoms with van der Waals surface area (Å²) in [5.74, 6) is 0. The van der Waals surface area contributed by atoms with Crippen LogP contribution in [0.2, 0.25) is 0 Å². The molecule has 0 rings (SSSR count). The number of unbranched alkanes of at least 4 members (excludes halogenated alkanes) is 15. The van der Waals surface area contributed by atoms with E-state index in [-0.39, 0.29) is 0 Å². The van der Waals surface area contributed by atoms with Crippen molar-refractivity contribution in [1.82, 2.24) is 0 Å². The Balaban J connectivity index is 2.89. The van der Waals surface area contributed by atoms with E-state index in [2.05, 4.69) is 0 Å². The molecule has 0 spiro atoms. The molecule has 1 nitrogen and oxygen atoms in total. The van der Waals surface area contributed by atoms with Crippen LogP contribution in [0, 0.1) is 0 Å². The second-order valence-corrected chi connectivity index (χ2v) is 5.88. The van der Waals surface area contributed by atoms with Crippen LogP contribution in [-0.4, -0.2) is 11.7 Å². The molecule has 0 amide bonds. The van der Waals surface area contributed by atoms with E-state index in [4.69, 9.17) is 6.48 Å². The number of hydrogen-bond donors (Lipinski definition) is 1. The fourth-order valence-electron chi connectivity index (χ4n) is 2.59. The lowest BCUT2D eigenvalue weighted by Gasteiger charge is -2.03. The number of aliphatic hydroxyl groups is 1. The van der Waals surface area contributed by atoms with Crippen molar-refractivity contribution < 1.29 is 6.48 Å². The molecular weight excluding hydrogens is 232 g/mol. The number of rotatable bonds is 16. The molecule has 0 saturated heterocycles. The predicted molar refractivity (Wildman–Crippen MR) is 86.6 cm³/mol. The Kier molecular flexibility index (Phi) is 16.1. The molecule has 0 unspecified atom stereocenters. The fraction of sp³-hybridized carbons (Fsp3) is 1.00. The highest BCUT2D eigenvalue weighted by molar-refractivity contribution is 4.49. The molecule has 0 aromatic heterocycles. The summed E-state index contributed by atoms with van der Waals surface area (Å²) in [6.45, 7) is 0.978. The molecule has 0 aliphatic heterocycles. The van der Waals surface area contributed by atoms with Crippen LogP contribution >= 0.6 is 0 Å². The van der Waals surface area contributed by atoms with E-state index in [0.717, 1.165) is 12.8 Å². The summed E-state index contributed by atoms with van der Waals surface area (Å²) in [6.07, 6.45) is 21.3. The molecular formula is C18H38O. The van der Waals surface area contributed by atoms with Crippen LogP contribution in [0.1, 0.15) is 111 Å². The van der Waals surface area contributed by atoms with Gasteiger partial charge in [-0.1, -0.05) is 103 Å².